The van der Waals surface area contributed by atoms with Gasteiger partial charge in [0.25, 0.3) is 5.91 Å². The Morgan fingerprint density at radius 1 is 1.43 bits per heavy atom. The minimum Gasteiger partial charge on any atom is -0.478 e. The van der Waals surface area contributed by atoms with E-state index in [4.69, 9.17) is 9.84 Å². The molecule has 0 atom stereocenters. The third-order valence-corrected chi connectivity index (χ3v) is 3.14. The van der Waals surface area contributed by atoms with Crippen molar-refractivity contribution in [2.45, 2.75) is 19.4 Å². The van der Waals surface area contributed by atoms with E-state index in [1.165, 1.54) is 12.3 Å². The van der Waals surface area contributed by atoms with E-state index in [9.17, 15) is 9.59 Å². The van der Waals surface area contributed by atoms with Gasteiger partial charge >= 0.3 is 5.97 Å². The topological polar surface area (TPSA) is 79.7 Å². The number of pyridine rings is 1. The first-order valence-electron chi connectivity index (χ1n) is 6.68. The number of aliphatic carboxylic acids is 1. The lowest BCUT2D eigenvalue weighted by Gasteiger charge is -2.37. The highest BCUT2D eigenvalue weighted by Gasteiger charge is 2.30. The van der Waals surface area contributed by atoms with Crippen LogP contribution >= 0.6 is 0 Å². The van der Waals surface area contributed by atoms with E-state index >= 15 is 0 Å². The molecular formula is C15H18N2O4. The third-order valence-electron chi connectivity index (χ3n) is 3.14. The summed E-state index contributed by atoms with van der Waals surface area (Å²) in [7, 11) is 0. The maximum Gasteiger partial charge on any atom is 0.328 e. The first kappa shape index (κ1) is 15.2. The number of carbonyl (C=O) groups is 2. The zero-order valence-electron chi connectivity index (χ0n) is 12.1. The van der Waals surface area contributed by atoms with Crippen LogP contribution in [-0.2, 0) is 9.53 Å². The van der Waals surface area contributed by atoms with Crippen LogP contribution in [0.3, 0.4) is 0 Å². The number of rotatable bonds is 3. The minimum atomic E-state index is -1.02. The van der Waals surface area contributed by atoms with Gasteiger partial charge in [-0.2, -0.15) is 0 Å². The molecule has 1 aliphatic rings. The number of carbonyl (C=O) groups excluding carboxylic acids is 1. The van der Waals surface area contributed by atoms with Crippen molar-refractivity contribution < 1.29 is 19.4 Å². The summed E-state index contributed by atoms with van der Waals surface area (Å²) in [6, 6.07) is 3.28. The molecule has 21 heavy (non-hydrogen) atoms. The van der Waals surface area contributed by atoms with Gasteiger partial charge in [-0.3, -0.25) is 9.78 Å². The molecule has 0 saturated carbocycles. The van der Waals surface area contributed by atoms with Crippen LogP contribution in [0.2, 0.25) is 0 Å². The predicted molar refractivity (Wildman–Crippen MR) is 76.8 cm³/mol. The molecule has 0 aliphatic carbocycles. The molecule has 2 rings (SSSR count). The van der Waals surface area contributed by atoms with Crippen LogP contribution in [0.5, 0.6) is 0 Å². The first-order valence-corrected chi connectivity index (χ1v) is 6.68. The molecule has 6 nitrogen and oxygen atoms in total. The molecule has 0 bridgehead atoms. The molecular weight excluding hydrogens is 272 g/mol. The summed E-state index contributed by atoms with van der Waals surface area (Å²) in [6.45, 7) is 5.47. The van der Waals surface area contributed by atoms with Gasteiger partial charge in [-0.15, -0.1) is 0 Å². The van der Waals surface area contributed by atoms with Crippen LogP contribution < -0.4 is 0 Å². The van der Waals surface area contributed by atoms with E-state index in [0.717, 1.165) is 6.08 Å². The lowest BCUT2D eigenvalue weighted by molar-refractivity contribution is -0.131. The fraction of sp³-hybridized carbons (Fsp3) is 0.400. The second kappa shape index (κ2) is 6.05. The molecule has 0 spiro atoms. The Morgan fingerprint density at radius 2 is 2.19 bits per heavy atom. The number of carboxylic acids is 1. The Hall–Kier alpha value is -2.21. The van der Waals surface area contributed by atoms with Crippen molar-refractivity contribution in [1.82, 2.24) is 9.88 Å². The molecule has 1 saturated heterocycles. The molecule has 2 heterocycles. The van der Waals surface area contributed by atoms with Gasteiger partial charge in [0.15, 0.2) is 0 Å². The van der Waals surface area contributed by atoms with Gasteiger partial charge in [-0.1, -0.05) is 6.07 Å². The third kappa shape index (κ3) is 4.13. The van der Waals surface area contributed by atoms with Gasteiger partial charge in [0.1, 0.15) is 5.69 Å². The van der Waals surface area contributed by atoms with Crippen molar-refractivity contribution in [2.75, 3.05) is 19.7 Å². The summed E-state index contributed by atoms with van der Waals surface area (Å²) in [5, 5.41) is 8.56. The van der Waals surface area contributed by atoms with Gasteiger partial charge in [0.2, 0.25) is 0 Å². The average molecular weight is 290 g/mol. The summed E-state index contributed by atoms with van der Waals surface area (Å²) in [6.07, 6.45) is 3.95. The molecule has 0 unspecified atom stereocenters. The number of amides is 1. The zero-order chi connectivity index (χ0) is 15.5. The Morgan fingerprint density at radius 3 is 2.76 bits per heavy atom. The fourth-order valence-electron chi connectivity index (χ4n) is 2.15. The lowest BCUT2D eigenvalue weighted by atomic mass is 10.1. The second-order valence-electron chi connectivity index (χ2n) is 5.48. The Balaban J connectivity index is 2.08. The molecule has 1 aliphatic heterocycles. The summed E-state index contributed by atoms with van der Waals surface area (Å²) in [4.78, 5) is 28.6. The SMILES string of the molecule is CC1(C)CN(C(=O)c2ccc(C=CC(=O)O)cn2)CCO1. The molecule has 1 aromatic heterocycles. The zero-order valence-corrected chi connectivity index (χ0v) is 12.1. The Bertz CT molecular complexity index is 564. The monoisotopic (exact) mass is 290 g/mol. The van der Waals surface area contributed by atoms with E-state index in [0.29, 0.717) is 31.0 Å². The highest BCUT2D eigenvalue weighted by molar-refractivity contribution is 5.92. The summed E-state index contributed by atoms with van der Waals surface area (Å²) in [5.41, 5.74) is 0.634. The van der Waals surface area contributed by atoms with Crippen molar-refractivity contribution >= 4 is 18.0 Å². The predicted octanol–water partition coefficient (Wildman–Crippen LogP) is 1.43. The molecule has 1 aromatic rings. The number of hydrogen-bond acceptors (Lipinski definition) is 4. The number of ether oxygens (including phenoxy) is 1. The van der Waals surface area contributed by atoms with E-state index < -0.39 is 5.97 Å². The number of hydrogen-bond donors (Lipinski definition) is 1. The summed E-state index contributed by atoms with van der Waals surface area (Å²) >= 11 is 0. The number of morpholine rings is 1. The number of nitrogens with zero attached hydrogens (tertiary/aromatic N) is 2. The summed E-state index contributed by atoms with van der Waals surface area (Å²) < 4.78 is 5.58. The quantitative estimate of drug-likeness (QED) is 0.852. The molecule has 1 N–H and O–H groups in total. The standard InChI is InChI=1S/C15H18N2O4/c1-15(2)10-17(7-8-21-15)14(20)12-5-3-11(9-16-12)4-6-13(18)19/h3-6,9H,7-8,10H2,1-2H3,(H,18,19). The van der Waals surface area contributed by atoms with Crippen molar-refractivity contribution in [1.29, 1.82) is 0 Å². The van der Waals surface area contributed by atoms with Gasteiger partial charge < -0.3 is 14.7 Å². The highest BCUT2D eigenvalue weighted by atomic mass is 16.5. The normalized spacial score (nSPS) is 17.9. The van der Waals surface area contributed by atoms with Crippen molar-refractivity contribution in [2.24, 2.45) is 0 Å². The maximum atomic E-state index is 12.4. The number of aromatic nitrogens is 1. The van der Waals surface area contributed by atoms with E-state index in [2.05, 4.69) is 4.98 Å². The minimum absolute atomic E-state index is 0.139. The van der Waals surface area contributed by atoms with Crippen molar-refractivity contribution in [3.63, 3.8) is 0 Å². The van der Waals surface area contributed by atoms with Crippen LogP contribution in [0.1, 0.15) is 29.9 Å². The largest absolute Gasteiger partial charge is 0.478 e. The Labute approximate surface area is 123 Å². The van der Waals surface area contributed by atoms with Gasteiger partial charge in [-0.25, -0.2) is 4.79 Å². The van der Waals surface area contributed by atoms with Crippen LogP contribution in [0.4, 0.5) is 0 Å². The molecule has 1 fully saturated rings. The fourth-order valence-corrected chi connectivity index (χ4v) is 2.15. The van der Waals surface area contributed by atoms with Crippen LogP contribution in [-0.4, -0.2) is 52.2 Å². The lowest BCUT2D eigenvalue weighted by Crippen LogP contribution is -2.50. The van der Waals surface area contributed by atoms with Gasteiger partial charge in [0.05, 0.1) is 12.2 Å². The second-order valence-corrected chi connectivity index (χ2v) is 5.48. The van der Waals surface area contributed by atoms with Gasteiger partial charge in [0, 0.05) is 25.4 Å². The van der Waals surface area contributed by atoms with E-state index in [-0.39, 0.29) is 11.5 Å². The molecule has 6 heteroatoms. The van der Waals surface area contributed by atoms with E-state index in [1.807, 2.05) is 13.8 Å². The highest BCUT2D eigenvalue weighted by Crippen LogP contribution is 2.18. The molecule has 0 radical (unpaired) electrons. The summed E-state index contributed by atoms with van der Waals surface area (Å²) in [5.74, 6) is -1.16. The van der Waals surface area contributed by atoms with Crippen LogP contribution in [0, 0.1) is 0 Å². The molecule has 0 aromatic carbocycles. The van der Waals surface area contributed by atoms with E-state index in [1.54, 1.807) is 17.0 Å². The Kier molecular flexibility index (Phi) is 4.37. The van der Waals surface area contributed by atoms with Crippen molar-refractivity contribution in [3.05, 3.63) is 35.7 Å². The molecule has 112 valence electrons. The molecule has 1 amide bonds. The smallest absolute Gasteiger partial charge is 0.328 e. The van der Waals surface area contributed by atoms with Crippen molar-refractivity contribution in [3.8, 4) is 0 Å². The number of carboxylic acid groups (broad SMARTS) is 1. The van der Waals surface area contributed by atoms with Crippen LogP contribution in [0.15, 0.2) is 24.4 Å². The first-order chi connectivity index (χ1) is 9.87. The van der Waals surface area contributed by atoms with Crippen LogP contribution in [0.25, 0.3) is 6.08 Å². The average Bonchev–Trinajstić information content (AvgIpc) is 2.44. The van der Waals surface area contributed by atoms with Gasteiger partial charge in [-0.05, 0) is 31.6 Å². The maximum absolute atomic E-state index is 12.4.